The molecule has 0 aliphatic heterocycles. The fourth-order valence-electron chi connectivity index (χ4n) is 5.31. The molecule has 0 aromatic heterocycles. The summed E-state index contributed by atoms with van der Waals surface area (Å²) in [6, 6.07) is 12.2. The van der Waals surface area contributed by atoms with Crippen LogP contribution < -0.4 is 5.32 Å². The van der Waals surface area contributed by atoms with Crippen LogP contribution in [-0.2, 0) is 21.4 Å². The van der Waals surface area contributed by atoms with Gasteiger partial charge in [-0.1, -0.05) is 62.9 Å². The average Bonchev–Trinajstić information content (AvgIpc) is 2.94. The van der Waals surface area contributed by atoms with Gasteiger partial charge in [-0.25, -0.2) is 13.2 Å². The molecule has 0 radical (unpaired) electrons. The number of benzene rings is 2. The summed E-state index contributed by atoms with van der Waals surface area (Å²) in [5, 5.41) is 12.4. The number of carboxylic acid groups (broad SMARTS) is 1. The first-order valence-corrected chi connectivity index (χ1v) is 17.4. The Morgan fingerprint density at radius 2 is 1.82 bits per heavy atom. The van der Waals surface area contributed by atoms with Crippen LogP contribution in [0.5, 0.6) is 0 Å². The number of aliphatic carboxylic acids is 1. The van der Waals surface area contributed by atoms with Crippen molar-refractivity contribution in [2.75, 3.05) is 24.3 Å². The van der Waals surface area contributed by atoms with E-state index >= 15 is 0 Å². The highest BCUT2D eigenvalue weighted by atomic mass is 32.2. The maximum absolute atomic E-state index is 13.4. The Morgan fingerprint density at radius 1 is 1.10 bits per heavy atom. The standard InChI is InChI=1S/C31H44N2O5S2/c1-4-5-19-40(37,38)33(21-24-12-7-6-8-13-24)22-25-15-16-27(28(20-25)26-14-10-9-11-23(26)2)30(34)32-29(31(35)36)17-18-39-3/h9-11,14-16,20,24,29H,4-8,12-13,17-19,21-22H2,1-3H3,(H,32,34)(H,35,36)/t29-/m0/s1. The molecule has 0 heterocycles. The molecule has 2 aromatic rings. The minimum absolute atomic E-state index is 0.133. The average molecular weight is 589 g/mol. The number of hydrogen-bond donors (Lipinski definition) is 2. The number of rotatable bonds is 15. The highest BCUT2D eigenvalue weighted by molar-refractivity contribution is 7.98. The van der Waals surface area contributed by atoms with Crippen LogP contribution in [0.2, 0.25) is 0 Å². The van der Waals surface area contributed by atoms with Crippen molar-refractivity contribution in [2.24, 2.45) is 5.92 Å². The molecule has 0 spiro atoms. The predicted molar refractivity (Wildman–Crippen MR) is 164 cm³/mol. The van der Waals surface area contributed by atoms with E-state index in [0.29, 0.717) is 42.2 Å². The number of carboxylic acids is 1. The zero-order valence-corrected chi connectivity index (χ0v) is 25.7. The summed E-state index contributed by atoms with van der Waals surface area (Å²) in [5.74, 6) is -0.404. The normalized spacial score (nSPS) is 15.2. The lowest BCUT2D eigenvalue weighted by atomic mass is 9.89. The third-order valence-electron chi connectivity index (χ3n) is 7.67. The molecule has 2 N–H and O–H groups in total. The summed E-state index contributed by atoms with van der Waals surface area (Å²) in [6.07, 6.45) is 9.25. The molecule has 0 unspecified atom stereocenters. The number of nitrogens with zero attached hydrogens (tertiary/aromatic N) is 1. The quantitative estimate of drug-likeness (QED) is 0.260. The van der Waals surface area contributed by atoms with Crippen LogP contribution in [0.25, 0.3) is 11.1 Å². The number of hydrogen-bond acceptors (Lipinski definition) is 5. The van der Waals surface area contributed by atoms with Crippen LogP contribution in [0.4, 0.5) is 0 Å². The number of carbonyl (C=O) groups excluding carboxylic acids is 1. The summed E-state index contributed by atoms with van der Waals surface area (Å²) in [6.45, 7) is 4.72. The van der Waals surface area contributed by atoms with E-state index in [1.54, 1.807) is 16.4 Å². The van der Waals surface area contributed by atoms with E-state index in [-0.39, 0.29) is 12.3 Å². The van der Waals surface area contributed by atoms with Gasteiger partial charge in [0, 0.05) is 18.7 Å². The fourth-order valence-corrected chi connectivity index (χ4v) is 7.48. The molecule has 1 aliphatic rings. The van der Waals surface area contributed by atoms with Gasteiger partial charge in [-0.05, 0) is 84.9 Å². The third kappa shape index (κ3) is 9.08. The van der Waals surface area contributed by atoms with E-state index in [1.165, 1.54) is 18.2 Å². The molecular formula is C31H44N2O5S2. The number of aryl methyl sites for hydroxylation is 1. The first kappa shape index (κ1) is 32.2. The summed E-state index contributed by atoms with van der Waals surface area (Å²) in [5.41, 5.74) is 3.69. The molecule has 7 nitrogen and oxygen atoms in total. The van der Waals surface area contributed by atoms with Gasteiger partial charge in [0.05, 0.1) is 5.75 Å². The SMILES string of the molecule is CCCCS(=O)(=O)N(Cc1ccc(C(=O)N[C@@H](CCSC)C(=O)O)c(-c2ccccc2C)c1)CC1CCCCC1. The minimum Gasteiger partial charge on any atom is -0.480 e. The van der Waals surface area contributed by atoms with Crippen LogP contribution in [-0.4, -0.2) is 60.1 Å². The number of nitrogens with one attached hydrogen (secondary N) is 1. The second-order valence-electron chi connectivity index (χ2n) is 10.8. The van der Waals surface area contributed by atoms with Gasteiger partial charge in [0.15, 0.2) is 0 Å². The summed E-state index contributed by atoms with van der Waals surface area (Å²) in [4.78, 5) is 25.2. The molecule has 1 amide bonds. The topological polar surface area (TPSA) is 104 Å². The van der Waals surface area contributed by atoms with Crippen LogP contribution in [0.3, 0.4) is 0 Å². The molecule has 9 heteroatoms. The Kier molecular flexibility index (Phi) is 12.5. The smallest absolute Gasteiger partial charge is 0.326 e. The predicted octanol–water partition coefficient (Wildman–Crippen LogP) is 6.11. The first-order chi connectivity index (χ1) is 19.2. The monoisotopic (exact) mass is 588 g/mol. The van der Waals surface area contributed by atoms with Gasteiger partial charge >= 0.3 is 5.97 Å². The zero-order chi connectivity index (χ0) is 29.1. The van der Waals surface area contributed by atoms with Crippen molar-refractivity contribution < 1.29 is 23.1 Å². The van der Waals surface area contributed by atoms with E-state index < -0.39 is 27.9 Å². The molecular weight excluding hydrogens is 544 g/mol. The molecule has 1 atom stereocenters. The Balaban J connectivity index is 1.98. The van der Waals surface area contributed by atoms with Crippen LogP contribution in [0, 0.1) is 12.8 Å². The molecule has 1 fully saturated rings. The Morgan fingerprint density at radius 3 is 2.48 bits per heavy atom. The maximum Gasteiger partial charge on any atom is 0.326 e. The zero-order valence-electron chi connectivity index (χ0n) is 24.0. The van der Waals surface area contributed by atoms with E-state index in [4.69, 9.17) is 0 Å². The Hall–Kier alpha value is -2.36. The number of amides is 1. The highest BCUT2D eigenvalue weighted by Gasteiger charge is 2.27. The maximum atomic E-state index is 13.4. The molecule has 3 rings (SSSR count). The van der Waals surface area contributed by atoms with E-state index in [2.05, 4.69) is 5.32 Å². The van der Waals surface area contributed by atoms with Gasteiger partial charge in [0.25, 0.3) is 5.91 Å². The van der Waals surface area contributed by atoms with Gasteiger partial charge in [0.1, 0.15) is 6.04 Å². The Bertz CT molecular complexity index is 1240. The summed E-state index contributed by atoms with van der Waals surface area (Å²) >= 11 is 1.53. The van der Waals surface area contributed by atoms with Crippen molar-refractivity contribution in [1.29, 1.82) is 0 Å². The largest absolute Gasteiger partial charge is 0.480 e. The number of unbranched alkanes of at least 4 members (excludes halogenated alkanes) is 1. The molecule has 1 saturated carbocycles. The third-order valence-corrected chi connectivity index (χ3v) is 10.2. The summed E-state index contributed by atoms with van der Waals surface area (Å²) < 4.78 is 28.5. The van der Waals surface area contributed by atoms with Crippen molar-refractivity contribution >= 4 is 33.7 Å². The second kappa shape index (κ2) is 15.6. The van der Waals surface area contributed by atoms with Gasteiger partial charge in [-0.15, -0.1) is 0 Å². The van der Waals surface area contributed by atoms with Gasteiger partial charge < -0.3 is 10.4 Å². The molecule has 220 valence electrons. The molecule has 0 bridgehead atoms. The van der Waals surface area contributed by atoms with Crippen molar-refractivity contribution in [3.8, 4) is 11.1 Å². The van der Waals surface area contributed by atoms with Gasteiger partial charge in [-0.3, -0.25) is 4.79 Å². The highest BCUT2D eigenvalue weighted by Crippen LogP contribution is 2.30. The minimum atomic E-state index is -3.44. The number of thioether (sulfide) groups is 1. The van der Waals surface area contributed by atoms with E-state index in [9.17, 15) is 23.1 Å². The molecule has 1 aliphatic carbocycles. The number of carbonyl (C=O) groups is 2. The number of sulfonamides is 1. The molecule has 2 aromatic carbocycles. The van der Waals surface area contributed by atoms with Crippen molar-refractivity contribution in [3.05, 3.63) is 59.2 Å². The first-order valence-electron chi connectivity index (χ1n) is 14.4. The van der Waals surface area contributed by atoms with Crippen LogP contribution >= 0.6 is 11.8 Å². The lowest BCUT2D eigenvalue weighted by Gasteiger charge is -2.29. The fraction of sp³-hybridized carbons (Fsp3) is 0.548. The summed E-state index contributed by atoms with van der Waals surface area (Å²) in [7, 11) is -3.44. The van der Waals surface area contributed by atoms with Crippen molar-refractivity contribution in [1.82, 2.24) is 9.62 Å². The Labute approximate surface area is 244 Å². The van der Waals surface area contributed by atoms with Crippen LogP contribution in [0.1, 0.15) is 79.8 Å². The van der Waals surface area contributed by atoms with Crippen LogP contribution in [0.15, 0.2) is 42.5 Å². The van der Waals surface area contributed by atoms with Crippen molar-refractivity contribution in [2.45, 2.75) is 77.8 Å². The molecule has 40 heavy (non-hydrogen) atoms. The molecule has 0 saturated heterocycles. The van der Waals surface area contributed by atoms with E-state index in [0.717, 1.165) is 48.8 Å². The van der Waals surface area contributed by atoms with Gasteiger partial charge in [0.2, 0.25) is 10.0 Å². The lowest BCUT2D eigenvalue weighted by molar-refractivity contribution is -0.139. The van der Waals surface area contributed by atoms with Crippen molar-refractivity contribution in [3.63, 3.8) is 0 Å². The second-order valence-corrected chi connectivity index (χ2v) is 13.9. The lowest BCUT2D eigenvalue weighted by Crippen LogP contribution is -2.41. The van der Waals surface area contributed by atoms with Gasteiger partial charge in [-0.2, -0.15) is 16.1 Å². The van der Waals surface area contributed by atoms with E-state index in [1.807, 2.05) is 50.4 Å².